The number of aromatic nitrogens is 1. The van der Waals surface area contributed by atoms with Crippen molar-refractivity contribution in [1.29, 1.82) is 0 Å². The Labute approximate surface area is 133 Å². The zero-order valence-corrected chi connectivity index (χ0v) is 13.3. The molecule has 0 N–H and O–H groups in total. The van der Waals surface area contributed by atoms with E-state index < -0.39 is 0 Å². The van der Waals surface area contributed by atoms with Gasteiger partial charge in [-0.1, -0.05) is 24.3 Å². The zero-order chi connectivity index (χ0) is 14.5. The van der Waals surface area contributed by atoms with E-state index in [0.29, 0.717) is 18.6 Å². The molecular weight excluding hydrogens is 306 g/mol. The summed E-state index contributed by atoms with van der Waals surface area (Å²) in [6.45, 7) is 2.23. The number of benzene rings is 1. The lowest BCUT2D eigenvalue weighted by Gasteiger charge is -2.22. The van der Waals surface area contributed by atoms with Gasteiger partial charge in [-0.25, -0.2) is 4.98 Å². The van der Waals surface area contributed by atoms with E-state index >= 15 is 0 Å². The Hall–Kier alpha value is -0.940. The molecule has 0 bridgehead atoms. The number of hydrogen-bond donors (Lipinski definition) is 0. The largest absolute Gasteiger partial charge is 0.381 e. The van der Waals surface area contributed by atoms with Crippen LogP contribution in [0.15, 0.2) is 29.6 Å². The van der Waals surface area contributed by atoms with Crippen molar-refractivity contribution in [2.45, 2.75) is 31.4 Å². The Kier molecular flexibility index (Phi) is 5.25. The summed E-state index contributed by atoms with van der Waals surface area (Å²) in [6, 6.07) is 8.28. The topological polar surface area (TPSA) is 31.4 Å². The van der Waals surface area contributed by atoms with Gasteiger partial charge in [0, 0.05) is 24.2 Å². The van der Waals surface area contributed by atoms with Crippen LogP contribution in [0.3, 0.4) is 0 Å². The Morgan fingerprint density at radius 1 is 1.29 bits per heavy atom. The molecule has 2 aromatic rings. The molecule has 3 rings (SSSR count). The molecule has 1 fully saturated rings. The lowest BCUT2D eigenvalue weighted by Crippen LogP contribution is -2.23. The van der Waals surface area contributed by atoms with Crippen LogP contribution in [0, 0.1) is 0 Å². The maximum absolute atomic E-state index is 6.04. The highest BCUT2D eigenvalue weighted by molar-refractivity contribution is 7.13. The number of hydrogen-bond acceptors (Lipinski definition) is 4. The van der Waals surface area contributed by atoms with Gasteiger partial charge in [-0.15, -0.1) is 22.9 Å². The van der Waals surface area contributed by atoms with Gasteiger partial charge in [0.1, 0.15) is 5.01 Å². The van der Waals surface area contributed by atoms with Crippen LogP contribution in [-0.2, 0) is 22.0 Å². The third-order valence-electron chi connectivity index (χ3n) is 3.58. The Balaban J connectivity index is 1.72. The third-order valence-corrected chi connectivity index (χ3v) is 4.78. The highest BCUT2D eigenvalue weighted by Gasteiger charge is 2.15. The number of rotatable bonds is 5. The SMILES string of the molecule is ClCc1csc(-c2ccccc2COC2CCOCC2)n1. The maximum Gasteiger partial charge on any atom is 0.124 e. The first-order valence-corrected chi connectivity index (χ1v) is 8.56. The van der Waals surface area contributed by atoms with Crippen molar-refractivity contribution in [3.05, 3.63) is 40.9 Å². The van der Waals surface area contributed by atoms with E-state index in [1.54, 1.807) is 11.3 Å². The fourth-order valence-corrected chi connectivity index (χ4v) is 3.51. The molecule has 3 nitrogen and oxygen atoms in total. The first kappa shape index (κ1) is 15.0. The van der Waals surface area contributed by atoms with E-state index in [2.05, 4.69) is 17.1 Å². The van der Waals surface area contributed by atoms with Crippen LogP contribution < -0.4 is 0 Å². The van der Waals surface area contributed by atoms with E-state index in [-0.39, 0.29) is 0 Å². The number of thiazole rings is 1. The molecule has 21 heavy (non-hydrogen) atoms. The molecule has 1 aromatic carbocycles. The van der Waals surface area contributed by atoms with Crippen molar-refractivity contribution in [2.24, 2.45) is 0 Å². The van der Waals surface area contributed by atoms with Gasteiger partial charge in [0.15, 0.2) is 0 Å². The predicted molar refractivity (Wildman–Crippen MR) is 85.7 cm³/mol. The second-order valence-corrected chi connectivity index (χ2v) is 6.18. The summed E-state index contributed by atoms with van der Waals surface area (Å²) < 4.78 is 11.4. The van der Waals surface area contributed by atoms with Crippen LogP contribution >= 0.6 is 22.9 Å². The van der Waals surface area contributed by atoms with Crippen LogP contribution in [-0.4, -0.2) is 24.3 Å². The van der Waals surface area contributed by atoms with E-state index in [1.165, 1.54) is 5.56 Å². The van der Waals surface area contributed by atoms with Gasteiger partial charge in [-0.3, -0.25) is 0 Å². The second kappa shape index (κ2) is 7.36. The molecule has 0 radical (unpaired) electrons. The summed E-state index contributed by atoms with van der Waals surface area (Å²) in [4.78, 5) is 4.57. The van der Waals surface area contributed by atoms with Crippen molar-refractivity contribution in [1.82, 2.24) is 4.98 Å². The summed E-state index contributed by atoms with van der Waals surface area (Å²) >= 11 is 7.47. The van der Waals surface area contributed by atoms with Crippen LogP contribution in [0.5, 0.6) is 0 Å². The van der Waals surface area contributed by atoms with Crippen LogP contribution in [0.1, 0.15) is 24.1 Å². The fourth-order valence-electron chi connectivity index (χ4n) is 2.40. The molecule has 0 unspecified atom stereocenters. The van der Waals surface area contributed by atoms with E-state index in [4.69, 9.17) is 21.1 Å². The smallest absolute Gasteiger partial charge is 0.124 e. The molecule has 5 heteroatoms. The number of alkyl halides is 1. The first-order valence-electron chi connectivity index (χ1n) is 7.15. The highest BCUT2D eigenvalue weighted by atomic mass is 35.5. The standard InChI is InChI=1S/C16H18ClNO2S/c17-9-13-11-21-16(18-13)15-4-2-1-3-12(15)10-20-14-5-7-19-8-6-14/h1-4,11,14H,5-10H2. The van der Waals surface area contributed by atoms with Crippen LogP contribution in [0.4, 0.5) is 0 Å². The van der Waals surface area contributed by atoms with Crippen molar-refractivity contribution >= 4 is 22.9 Å². The lowest BCUT2D eigenvalue weighted by molar-refractivity contribution is -0.0389. The number of nitrogens with zero attached hydrogens (tertiary/aromatic N) is 1. The van der Waals surface area contributed by atoms with Gasteiger partial charge >= 0.3 is 0 Å². The molecular formula is C16H18ClNO2S. The van der Waals surface area contributed by atoms with Gasteiger partial charge in [0.05, 0.1) is 24.3 Å². The molecule has 0 atom stereocenters. The van der Waals surface area contributed by atoms with Crippen LogP contribution in [0.25, 0.3) is 10.6 Å². The van der Waals surface area contributed by atoms with Gasteiger partial charge < -0.3 is 9.47 Å². The lowest BCUT2D eigenvalue weighted by atomic mass is 10.1. The summed E-state index contributed by atoms with van der Waals surface area (Å²) in [5.74, 6) is 0.456. The van der Waals surface area contributed by atoms with Crippen LogP contribution in [0.2, 0.25) is 0 Å². The van der Waals surface area contributed by atoms with E-state index in [0.717, 1.165) is 42.3 Å². The summed E-state index contributed by atoms with van der Waals surface area (Å²) in [5, 5.41) is 3.02. The monoisotopic (exact) mass is 323 g/mol. The van der Waals surface area contributed by atoms with Gasteiger partial charge in [0.2, 0.25) is 0 Å². The van der Waals surface area contributed by atoms with Gasteiger partial charge in [0.25, 0.3) is 0 Å². The summed E-state index contributed by atoms with van der Waals surface area (Å²) in [5.41, 5.74) is 3.25. The number of ether oxygens (including phenoxy) is 2. The molecule has 2 heterocycles. The third kappa shape index (κ3) is 3.83. The van der Waals surface area contributed by atoms with Gasteiger partial charge in [-0.2, -0.15) is 0 Å². The molecule has 0 aliphatic carbocycles. The molecule has 1 aliphatic rings. The summed E-state index contributed by atoms with van der Waals surface area (Å²) in [7, 11) is 0. The molecule has 0 spiro atoms. The normalized spacial score (nSPS) is 16.2. The molecule has 0 saturated carbocycles. The minimum Gasteiger partial charge on any atom is -0.381 e. The first-order chi connectivity index (χ1) is 10.4. The van der Waals surface area contributed by atoms with Crippen molar-refractivity contribution < 1.29 is 9.47 Å². The Bertz CT molecular complexity index is 581. The Morgan fingerprint density at radius 3 is 2.86 bits per heavy atom. The minimum atomic E-state index is 0.307. The van der Waals surface area contributed by atoms with E-state index in [1.807, 2.05) is 17.5 Å². The van der Waals surface area contributed by atoms with Crippen molar-refractivity contribution in [3.63, 3.8) is 0 Å². The quantitative estimate of drug-likeness (QED) is 0.771. The predicted octanol–water partition coefficient (Wildman–Crippen LogP) is 4.24. The minimum absolute atomic E-state index is 0.307. The maximum atomic E-state index is 6.04. The summed E-state index contributed by atoms with van der Waals surface area (Å²) in [6.07, 6.45) is 2.27. The molecule has 0 amide bonds. The molecule has 1 aliphatic heterocycles. The zero-order valence-electron chi connectivity index (χ0n) is 11.8. The molecule has 1 saturated heterocycles. The average molecular weight is 324 g/mol. The van der Waals surface area contributed by atoms with E-state index in [9.17, 15) is 0 Å². The number of halogens is 1. The molecule has 1 aromatic heterocycles. The van der Waals surface area contributed by atoms with Crippen molar-refractivity contribution in [2.75, 3.05) is 13.2 Å². The van der Waals surface area contributed by atoms with Crippen molar-refractivity contribution in [3.8, 4) is 10.6 Å². The van der Waals surface area contributed by atoms with Gasteiger partial charge in [-0.05, 0) is 18.4 Å². The average Bonchev–Trinajstić information content (AvgIpc) is 3.03. The molecule has 112 valence electrons. The Morgan fingerprint density at radius 2 is 2.10 bits per heavy atom. The highest BCUT2D eigenvalue weighted by Crippen LogP contribution is 2.28. The second-order valence-electron chi connectivity index (χ2n) is 5.06. The fraction of sp³-hybridized carbons (Fsp3) is 0.438.